The van der Waals surface area contributed by atoms with Gasteiger partial charge in [0.2, 0.25) is 11.8 Å². The number of aryl methyl sites for hydroxylation is 1. The molecular weight excluding hydrogens is 606 g/mol. The molecule has 0 aliphatic carbocycles. The second-order valence-electron chi connectivity index (χ2n) is 10.3. The van der Waals surface area contributed by atoms with Crippen LogP contribution in [0.1, 0.15) is 38.3 Å². The van der Waals surface area contributed by atoms with Crippen LogP contribution in [0.4, 0.5) is 5.69 Å². The number of hydrogen-bond acceptors (Lipinski definition) is 7. The first-order valence-electron chi connectivity index (χ1n) is 14.1. The van der Waals surface area contributed by atoms with Gasteiger partial charge in [-0.3, -0.25) is 13.9 Å². The summed E-state index contributed by atoms with van der Waals surface area (Å²) >= 11 is 6.31. The lowest BCUT2D eigenvalue weighted by Crippen LogP contribution is -2.52. The first-order valence-corrected chi connectivity index (χ1v) is 15.9. The van der Waals surface area contributed by atoms with E-state index >= 15 is 0 Å². The first-order chi connectivity index (χ1) is 20.9. The van der Waals surface area contributed by atoms with Crippen molar-refractivity contribution >= 4 is 39.1 Å². The molecule has 10 nitrogen and oxygen atoms in total. The van der Waals surface area contributed by atoms with Crippen molar-refractivity contribution in [1.82, 2.24) is 10.2 Å². The minimum Gasteiger partial charge on any atom is -0.495 e. The van der Waals surface area contributed by atoms with Crippen molar-refractivity contribution in [3.05, 3.63) is 76.8 Å². The summed E-state index contributed by atoms with van der Waals surface area (Å²) < 4.78 is 45.6. The topological polar surface area (TPSA) is 114 Å². The van der Waals surface area contributed by atoms with Gasteiger partial charge in [0.25, 0.3) is 10.0 Å². The SMILES string of the molecule is CC[C@H](C)NC(=O)[C@H](C)N(Cc1ccc(C)cc1)C(=O)CN(c1cc(Cl)ccc1OC)S(=O)(=O)c1ccc(OC)c(OC)c1. The van der Waals surface area contributed by atoms with Crippen LogP contribution in [0.3, 0.4) is 0 Å². The number of nitrogens with one attached hydrogen (secondary N) is 1. The van der Waals surface area contributed by atoms with Crippen LogP contribution in [0.2, 0.25) is 5.02 Å². The molecule has 0 radical (unpaired) electrons. The summed E-state index contributed by atoms with van der Waals surface area (Å²) in [6, 6.07) is 15.2. The molecule has 0 aromatic heterocycles. The lowest BCUT2D eigenvalue weighted by molar-refractivity contribution is -0.139. The molecule has 0 aliphatic rings. The molecule has 3 aromatic carbocycles. The van der Waals surface area contributed by atoms with Crippen molar-refractivity contribution in [2.75, 3.05) is 32.2 Å². The average Bonchev–Trinajstić information content (AvgIpc) is 3.02. The van der Waals surface area contributed by atoms with E-state index in [1.165, 1.54) is 56.6 Å². The molecule has 2 amide bonds. The number of sulfonamides is 1. The lowest BCUT2D eigenvalue weighted by Gasteiger charge is -2.33. The molecule has 0 fully saturated rings. The van der Waals surface area contributed by atoms with Crippen molar-refractivity contribution in [3.8, 4) is 17.2 Å². The maximum absolute atomic E-state index is 14.3. The fourth-order valence-corrected chi connectivity index (χ4v) is 6.01. The highest BCUT2D eigenvalue weighted by Gasteiger charge is 2.34. The smallest absolute Gasteiger partial charge is 0.265 e. The number of methoxy groups -OCH3 is 3. The Hall–Kier alpha value is -3.96. The molecule has 2 atom stereocenters. The van der Waals surface area contributed by atoms with Crippen LogP contribution in [0.25, 0.3) is 0 Å². The van der Waals surface area contributed by atoms with Gasteiger partial charge in [0, 0.05) is 23.7 Å². The first kappa shape index (κ1) is 34.5. The van der Waals surface area contributed by atoms with E-state index in [0.29, 0.717) is 12.2 Å². The third-order valence-corrected chi connectivity index (χ3v) is 9.26. The summed E-state index contributed by atoms with van der Waals surface area (Å²) in [5.41, 5.74) is 1.87. The molecule has 238 valence electrons. The largest absolute Gasteiger partial charge is 0.495 e. The summed E-state index contributed by atoms with van der Waals surface area (Å²) in [5.74, 6) is -0.258. The highest BCUT2D eigenvalue weighted by atomic mass is 35.5. The molecule has 44 heavy (non-hydrogen) atoms. The molecule has 0 saturated heterocycles. The number of carbonyl (C=O) groups is 2. The normalized spacial score (nSPS) is 12.5. The van der Waals surface area contributed by atoms with Crippen LogP contribution in [-0.4, -0.2) is 65.1 Å². The van der Waals surface area contributed by atoms with E-state index in [2.05, 4.69) is 5.32 Å². The van der Waals surface area contributed by atoms with Crippen molar-refractivity contribution in [3.63, 3.8) is 0 Å². The molecule has 0 unspecified atom stereocenters. The van der Waals surface area contributed by atoms with Gasteiger partial charge in [-0.2, -0.15) is 0 Å². The zero-order chi connectivity index (χ0) is 32.6. The van der Waals surface area contributed by atoms with E-state index in [4.69, 9.17) is 25.8 Å². The van der Waals surface area contributed by atoms with Crippen LogP contribution in [0.5, 0.6) is 17.2 Å². The van der Waals surface area contributed by atoms with Crippen molar-refractivity contribution in [2.45, 2.75) is 57.6 Å². The number of halogens is 1. The van der Waals surface area contributed by atoms with E-state index in [0.717, 1.165) is 15.4 Å². The summed E-state index contributed by atoms with van der Waals surface area (Å²) in [7, 11) is -0.204. The van der Waals surface area contributed by atoms with Crippen molar-refractivity contribution < 1.29 is 32.2 Å². The molecule has 0 spiro atoms. The van der Waals surface area contributed by atoms with E-state index < -0.39 is 28.5 Å². The predicted octanol–water partition coefficient (Wildman–Crippen LogP) is 5.20. The van der Waals surface area contributed by atoms with Crippen LogP contribution in [0, 0.1) is 6.92 Å². The number of ether oxygens (including phenoxy) is 3. The fourth-order valence-electron chi connectivity index (χ4n) is 4.41. The second kappa shape index (κ2) is 15.2. The Labute approximate surface area is 264 Å². The van der Waals surface area contributed by atoms with Gasteiger partial charge >= 0.3 is 0 Å². The van der Waals surface area contributed by atoms with Gasteiger partial charge in [-0.1, -0.05) is 48.4 Å². The summed E-state index contributed by atoms with van der Waals surface area (Å²) in [6.07, 6.45) is 0.705. The third kappa shape index (κ3) is 8.15. The second-order valence-corrected chi connectivity index (χ2v) is 12.6. The Morgan fingerprint density at radius 3 is 2.09 bits per heavy atom. The van der Waals surface area contributed by atoms with Gasteiger partial charge < -0.3 is 24.4 Å². The van der Waals surface area contributed by atoms with E-state index in [9.17, 15) is 18.0 Å². The summed E-state index contributed by atoms with van der Waals surface area (Å²) in [4.78, 5) is 28.7. The van der Waals surface area contributed by atoms with Crippen LogP contribution in [-0.2, 0) is 26.2 Å². The van der Waals surface area contributed by atoms with Crippen LogP contribution >= 0.6 is 11.6 Å². The molecule has 0 heterocycles. The minimum absolute atomic E-state index is 0.0510. The monoisotopic (exact) mass is 645 g/mol. The van der Waals surface area contributed by atoms with E-state index in [1.54, 1.807) is 13.0 Å². The number of nitrogens with zero attached hydrogens (tertiary/aromatic N) is 2. The van der Waals surface area contributed by atoms with Crippen molar-refractivity contribution in [2.24, 2.45) is 0 Å². The Kier molecular flexibility index (Phi) is 11.9. The van der Waals surface area contributed by atoms with Gasteiger partial charge in [-0.05, 0) is 63.1 Å². The predicted molar refractivity (Wildman–Crippen MR) is 171 cm³/mol. The van der Waals surface area contributed by atoms with Gasteiger partial charge in [0.05, 0.1) is 31.9 Å². The van der Waals surface area contributed by atoms with Gasteiger partial charge in [-0.25, -0.2) is 8.42 Å². The van der Waals surface area contributed by atoms with Gasteiger partial charge in [-0.15, -0.1) is 0 Å². The average molecular weight is 646 g/mol. The molecule has 0 saturated carbocycles. The molecule has 3 rings (SSSR count). The quantitative estimate of drug-likeness (QED) is 0.256. The minimum atomic E-state index is -4.43. The third-order valence-electron chi connectivity index (χ3n) is 7.27. The number of benzene rings is 3. The highest BCUT2D eigenvalue weighted by molar-refractivity contribution is 7.92. The fraction of sp³-hybridized carbons (Fsp3) is 0.375. The van der Waals surface area contributed by atoms with Crippen LogP contribution < -0.4 is 23.8 Å². The molecule has 0 aliphatic heterocycles. The Morgan fingerprint density at radius 2 is 1.50 bits per heavy atom. The van der Waals surface area contributed by atoms with Crippen molar-refractivity contribution in [1.29, 1.82) is 0 Å². The summed E-state index contributed by atoms with van der Waals surface area (Å²) in [5, 5.41) is 3.16. The maximum Gasteiger partial charge on any atom is 0.265 e. The number of rotatable bonds is 14. The molecule has 0 bridgehead atoms. The molecule has 3 aromatic rings. The molecular formula is C32H40ClN3O7S. The molecule has 12 heteroatoms. The number of hydrogen-bond donors (Lipinski definition) is 1. The number of anilines is 1. The Morgan fingerprint density at radius 1 is 0.886 bits per heavy atom. The van der Waals surface area contributed by atoms with Crippen LogP contribution in [0.15, 0.2) is 65.6 Å². The Balaban J connectivity index is 2.14. The highest BCUT2D eigenvalue weighted by Crippen LogP contribution is 2.37. The standard InChI is InChI=1S/C32H40ClN3O7S/c1-8-22(3)34-32(38)23(4)35(19-24-11-9-21(2)10-12-24)31(37)20-36(27-17-25(33)13-15-28(27)41-5)44(39,40)26-14-16-29(42-6)30(18-26)43-7/h9-18,22-23H,8,19-20H2,1-7H3,(H,34,38)/t22-,23-/m0/s1. The summed E-state index contributed by atoms with van der Waals surface area (Å²) in [6.45, 7) is 6.81. The zero-order valence-electron chi connectivity index (χ0n) is 26.1. The van der Waals surface area contributed by atoms with Gasteiger partial charge in [0.1, 0.15) is 18.3 Å². The zero-order valence-corrected chi connectivity index (χ0v) is 27.7. The maximum atomic E-state index is 14.3. The number of amides is 2. The number of carbonyl (C=O) groups excluding carboxylic acids is 2. The van der Waals surface area contributed by atoms with E-state index in [1.807, 2.05) is 45.0 Å². The lowest BCUT2D eigenvalue weighted by atomic mass is 10.1. The molecule has 1 N–H and O–H groups in total. The van der Waals surface area contributed by atoms with E-state index in [-0.39, 0.29) is 45.6 Å². The Bertz CT molecular complexity index is 1560. The van der Waals surface area contributed by atoms with Gasteiger partial charge in [0.15, 0.2) is 11.5 Å².